The third-order valence-corrected chi connectivity index (χ3v) is 3.26. The Morgan fingerprint density at radius 1 is 1.27 bits per heavy atom. The summed E-state index contributed by atoms with van der Waals surface area (Å²) in [7, 11) is 2.82. The van der Waals surface area contributed by atoms with Gasteiger partial charge in [-0.15, -0.1) is 5.10 Å². The molecule has 7 nitrogen and oxygen atoms in total. The maximum absolute atomic E-state index is 12.2. The monoisotopic (exact) mass is 299 g/mol. The van der Waals surface area contributed by atoms with Gasteiger partial charge in [-0.25, -0.2) is 9.31 Å². The van der Waals surface area contributed by atoms with E-state index in [-0.39, 0.29) is 16.6 Å². The zero-order valence-corrected chi connectivity index (χ0v) is 12.0. The molecule has 0 bridgehead atoms. The Morgan fingerprint density at radius 3 is 2.77 bits per heavy atom. The molecule has 0 saturated heterocycles. The normalized spacial score (nSPS) is 10.6. The van der Waals surface area contributed by atoms with Gasteiger partial charge in [0.2, 0.25) is 0 Å². The molecule has 2 aromatic heterocycles. The predicted molar refractivity (Wildman–Crippen MR) is 79.1 cm³/mol. The summed E-state index contributed by atoms with van der Waals surface area (Å²) in [6.07, 6.45) is 1.45. The van der Waals surface area contributed by atoms with Gasteiger partial charge in [-0.2, -0.15) is 0 Å². The third-order valence-electron chi connectivity index (χ3n) is 3.26. The summed E-state index contributed by atoms with van der Waals surface area (Å²) in [5.41, 5.74) is 0.820. The van der Waals surface area contributed by atoms with Crippen LogP contribution >= 0.6 is 0 Å². The predicted octanol–water partition coefficient (Wildman–Crippen LogP) is 1.48. The van der Waals surface area contributed by atoms with Gasteiger partial charge in [0.25, 0.3) is 5.56 Å². The van der Waals surface area contributed by atoms with Crippen LogP contribution in [-0.2, 0) is 4.74 Å². The van der Waals surface area contributed by atoms with Gasteiger partial charge in [-0.05, 0) is 18.2 Å². The van der Waals surface area contributed by atoms with Gasteiger partial charge in [0.15, 0.2) is 5.82 Å². The number of nitrogens with zero attached hydrogens (tertiary/aromatic N) is 2. The van der Waals surface area contributed by atoms with E-state index in [1.165, 1.54) is 23.9 Å². The van der Waals surface area contributed by atoms with Gasteiger partial charge in [0, 0.05) is 6.20 Å². The average Bonchev–Trinajstić information content (AvgIpc) is 2.98. The molecule has 3 rings (SSSR count). The van der Waals surface area contributed by atoms with Gasteiger partial charge < -0.3 is 14.5 Å². The number of nitrogens with one attached hydrogen (secondary N) is 1. The second-order valence-corrected chi connectivity index (χ2v) is 4.55. The topological polar surface area (TPSA) is 85.7 Å². The van der Waals surface area contributed by atoms with Crippen LogP contribution in [0.4, 0.5) is 0 Å². The Labute approximate surface area is 125 Å². The fourth-order valence-corrected chi connectivity index (χ4v) is 2.20. The Kier molecular flexibility index (Phi) is 3.38. The van der Waals surface area contributed by atoms with E-state index < -0.39 is 5.97 Å². The number of rotatable bonds is 3. The summed E-state index contributed by atoms with van der Waals surface area (Å²) in [4.78, 5) is 26.4. The van der Waals surface area contributed by atoms with Crippen LogP contribution in [-0.4, -0.2) is 34.8 Å². The van der Waals surface area contributed by atoms with Crippen molar-refractivity contribution in [2.75, 3.05) is 14.2 Å². The van der Waals surface area contributed by atoms with Crippen molar-refractivity contribution >= 4 is 11.5 Å². The molecular weight excluding hydrogens is 286 g/mol. The van der Waals surface area contributed by atoms with E-state index in [1.807, 2.05) is 12.1 Å². The van der Waals surface area contributed by atoms with Crippen LogP contribution < -0.4 is 10.3 Å². The van der Waals surface area contributed by atoms with E-state index in [4.69, 9.17) is 4.74 Å². The number of carbonyl (C=O) groups excluding carboxylic acids is 1. The number of benzene rings is 1. The third kappa shape index (κ3) is 2.22. The van der Waals surface area contributed by atoms with E-state index in [9.17, 15) is 9.59 Å². The minimum Gasteiger partial charge on any atom is -0.496 e. The molecule has 0 fully saturated rings. The molecule has 0 spiro atoms. The molecule has 22 heavy (non-hydrogen) atoms. The summed E-state index contributed by atoms with van der Waals surface area (Å²) in [5, 5.41) is 4.33. The van der Waals surface area contributed by atoms with Crippen molar-refractivity contribution in [1.29, 1.82) is 0 Å². The van der Waals surface area contributed by atoms with Crippen LogP contribution in [0.5, 0.6) is 5.75 Å². The molecule has 0 unspecified atom stereocenters. The minimum absolute atomic E-state index is 0.262. The van der Waals surface area contributed by atoms with Crippen LogP contribution in [0.15, 0.2) is 41.3 Å². The number of aromatic nitrogens is 3. The minimum atomic E-state index is -0.524. The maximum Gasteiger partial charge on any atom is 0.339 e. The molecular formula is C15H13N3O4. The first kappa shape index (κ1) is 13.9. The highest BCUT2D eigenvalue weighted by atomic mass is 16.5. The summed E-state index contributed by atoms with van der Waals surface area (Å²) in [5.74, 6) is 0.413. The van der Waals surface area contributed by atoms with E-state index in [0.717, 1.165) is 0 Å². The zero-order valence-electron chi connectivity index (χ0n) is 12.0. The highest BCUT2D eigenvalue weighted by Gasteiger charge is 2.14. The molecule has 1 aromatic carbocycles. The second-order valence-electron chi connectivity index (χ2n) is 4.55. The van der Waals surface area contributed by atoms with Crippen molar-refractivity contribution in [3.05, 3.63) is 52.4 Å². The maximum atomic E-state index is 12.2. The first-order valence-electron chi connectivity index (χ1n) is 6.48. The number of para-hydroxylation sites is 1. The van der Waals surface area contributed by atoms with Crippen LogP contribution in [0.1, 0.15) is 10.4 Å². The van der Waals surface area contributed by atoms with E-state index in [1.54, 1.807) is 19.2 Å². The number of fused-ring (bicyclic) bond motifs is 1. The van der Waals surface area contributed by atoms with Crippen LogP contribution in [0, 0.1) is 0 Å². The SMILES string of the molecule is COC(=O)c1cc2c(=O)[nH]c(-c3ccccc3OC)nn2c1. The Bertz CT molecular complexity index is 911. The van der Waals surface area contributed by atoms with Crippen LogP contribution in [0.3, 0.4) is 0 Å². The van der Waals surface area contributed by atoms with Crippen molar-refractivity contribution in [2.24, 2.45) is 0 Å². The van der Waals surface area contributed by atoms with Crippen molar-refractivity contribution in [2.45, 2.75) is 0 Å². The van der Waals surface area contributed by atoms with Gasteiger partial charge in [-0.3, -0.25) is 4.79 Å². The molecule has 0 aliphatic heterocycles. The van der Waals surface area contributed by atoms with Gasteiger partial charge in [0.1, 0.15) is 11.3 Å². The quantitative estimate of drug-likeness (QED) is 0.740. The molecule has 0 saturated carbocycles. The van der Waals surface area contributed by atoms with Crippen molar-refractivity contribution in [3.8, 4) is 17.1 Å². The first-order valence-corrected chi connectivity index (χ1v) is 6.48. The Balaban J connectivity index is 2.20. The number of esters is 1. The Hall–Kier alpha value is -3.09. The Morgan fingerprint density at radius 2 is 2.05 bits per heavy atom. The molecule has 0 amide bonds. The number of hydrogen-bond donors (Lipinski definition) is 1. The molecule has 112 valence electrons. The lowest BCUT2D eigenvalue weighted by Crippen LogP contribution is -2.13. The van der Waals surface area contributed by atoms with Gasteiger partial charge in [-0.1, -0.05) is 12.1 Å². The van der Waals surface area contributed by atoms with Crippen LogP contribution in [0.2, 0.25) is 0 Å². The van der Waals surface area contributed by atoms with E-state index in [0.29, 0.717) is 17.1 Å². The fraction of sp³-hybridized carbons (Fsp3) is 0.133. The lowest BCUT2D eigenvalue weighted by Gasteiger charge is -2.07. The summed E-state index contributed by atoms with van der Waals surface area (Å²) < 4.78 is 11.3. The molecule has 0 atom stereocenters. The van der Waals surface area contributed by atoms with Gasteiger partial charge >= 0.3 is 5.97 Å². The standard InChI is InChI=1S/C15H13N3O4/c1-21-12-6-4-3-5-10(12)13-16-14(19)11-7-9(15(20)22-2)8-18(11)17-13/h3-8H,1-2H3,(H,16,17,19). The smallest absolute Gasteiger partial charge is 0.339 e. The largest absolute Gasteiger partial charge is 0.496 e. The fourth-order valence-electron chi connectivity index (χ4n) is 2.20. The number of H-pyrrole nitrogens is 1. The van der Waals surface area contributed by atoms with Crippen molar-refractivity contribution < 1.29 is 14.3 Å². The highest BCUT2D eigenvalue weighted by Crippen LogP contribution is 2.25. The second kappa shape index (κ2) is 5.36. The highest BCUT2D eigenvalue weighted by molar-refractivity contribution is 5.90. The van der Waals surface area contributed by atoms with E-state index in [2.05, 4.69) is 14.8 Å². The molecule has 0 aliphatic rings. The van der Waals surface area contributed by atoms with Crippen molar-refractivity contribution in [3.63, 3.8) is 0 Å². The van der Waals surface area contributed by atoms with Crippen LogP contribution in [0.25, 0.3) is 16.9 Å². The molecule has 0 aliphatic carbocycles. The number of hydrogen-bond acceptors (Lipinski definition) is 5. The zero-order chi connectivity index (χ0) is 15.7. The summed E-state index contributed by atoms with van der Waals surface area (Å²) in [6, 6.07) is 8.63. The number of carbonyl (C=O) groups is 1. The molecule has 3 aromatic rings. The van der Waals surface area contributed by atoms with Gasteiger partial charge in [0.05, 0.1) is 25.3 Å². The van der Waals surface area contributed by atoms with Crippen molar-refractivity contribution in [1.82, 2.24) is 14.6 Å². The number of methoxy groups -OCH3 is 2. The molecule has 0 radical (unpaired) electrons. The summed E-state index contributed by atoms with van der Waals surface area (Å²) >= 11 is 0. The summed E-state index contributed by atoms with van der Waals surface area (Å²) in [6.45, 7) is 0. The average molecular weight is 299 g/mol. The first-order chi connectivity index (χ1) is 10.6. The molecule has 1 N–H and O–H groups in total. The lowest BCUT2D eigenvalue weighted by molar-refractivity contribution is 0.0601. The number of aromatic amines is 1. The number of ether oxygens (including phenoxy) is 2. The molecule has 2 heterocycles. The molecule has 7 heteroatoms. The lowest BCUT2D eigenvalue weighted by atomic mass is 10.2. The van der Waals surface area contributed by atoms with E-state index >= 15 is 0 Å².